The van der Waals surface area contributed by atoms with Gasteiger partial charge in [-0.1, -0.05) is 13.3 Å². The molecule has 94 valence electrons. The molecular weight excluding hydrogens is 218 g/mol. The van der Waals surface area contributed by atoms with Gasteiger partial charge in [0.1, 0.15) is 5.82 Å². The van der Waals surface area contributed by atoms with Crippen LogP contribution in [0.1, 0.15) is 30.1 Å². The number of aromatic nitrogens is 1. The number of nitrogens with one attached hydrogen (secondary N) is 1. The molecule has 0 aliphatic heterocycles. The maximum atomic E-state index is 11.6. The Kier molecular flexibility index (Phi) is 6.03. The first-order chi connectivity index (χ1) is 8.24. The number of nitrogens with zero attached hydrogens (tertiary/aromatic N) is 1. The van der Waals surface area contributed by atoms with Crippen molar-refractivity contribution in [1.29, 1.82) is 0 Å². The first-order valence-electron chi connectivity index (χ1n) is 5.81. The Labute approximate surface area is 101 Å². The summed E-state index contributed by atoms with van der Waals surface area (Å²) < 4.78 is 5.33. The molecule has 1 aromatic rings. The zero-order valence-electron chi connectivity index (χ0n) is 10.1. The topological polar surface area (TPSA) is 77.2 Å². The summed E-state index contributed by atoms with van der Waals surface area (Å²) in [6, 6.07) is 3.25. The second-order valence-electron chi connectivity index (χ2n) is 3.69. The van der Waals surface area contributed by atoms with Crippen LogP contribution in [0.2, 0.25) is 0 Å². The van der Waals surface area contributed by atoms with Gasteiger partial charge in [0.2, 0.25) is 0 Å². The van der Waals surface area contributed by atoms with Crippen molar-refractivity contribution in [3.63, 3.8) is 0 Å². The summed E-state index contributed by atoms with van der Waals surface area (Å²) in [4.78, 5) is 15.5. The number of pyridine rings is 1. The smallest absolute Gasteiger partial charge is 0.252 e. The van der Waals surface area contributed by atoms with Crippen LogP contribution in [0.3, 0.4) is 0 Å². The molecule has 5 nitrogen and oxygen atoms in total. The average molecular weight is 237 g/mol. The molecule has 17 heavy (non-hydrogen) atoms. The van der Waals surface area contributed by atoms with Crippen LogP contribution in [0.15, 0.2) is 18.3 Å². The summed E-state index contributed by atoms with van der Waals surface area (Å²) in [7, 11) is 0. The quantitative estimate of drug-likeness (QED) is 0.699. The molecule has 0 unspecified atom stereocenters. The fourth-order valence-corrected chi connectivity index (χ4v) is 1.23. The number of carbonyl (C=O) groups excluding carboxylic acids is 1. The van der Waals surface area contributed by atoms with Gasteiger partial charge in [-0.15, -0.1) is 0 Å². The fraction of sp³-hybridized carbons (Fsp3) is 0.500. The van der Waals surface area contributed by atoms with Crippen LogP contribution in [0, 0.1) is 0 Å². The average Bonchev–Trinajstić information content (AvgIpc) is 2.34. The number of anilines is 1. The molecule has 3 N–H and O–H groups in total. The second kappa shape index (κ2) is 7.62. The molecule has 0 aliphatic carbocycles. The van der Waals surface area contributed by atoms with E-state index in [0.717, 1.165) is 19.4 Å². The predicted octanol–water partition coefficient (Wildman–Crippen LogP) is 1.21. The molecule has 0 spiro atoms. The van der Waals surface area contributed by atoms with Gasteiger partial charge in [-0.25, -0.2) is 4.98 Å². The first kappa shape index (κ1) is 13.4. The fourth-order valence-electron chi connectivity index (χ4n) is 1.23. The Morgan fingerprint density at radius 1 is 1.47 bits per heavy atom. The van der Waals surface area contributed by atoms with E-state index >= 15 is 0 Å². The number of hydrogen-bond acceptors (Lipinski definition) is 4. The SMILES string of the molecule is CCCCOCCNC(=O)c1ccc(N)nc1. The lowest BCUT2D eigenvalue weighted by Gasteiger charge is -2.06. The number of rotatable bonds is 7. The normalized spacial score (nSPS) is 10.2. The van der Waals surface area contributed by atoms with Crippen molar-refractivity contribution in [3.8, 4) is 0 Å². The Morgan fingerprint density at radius 3 is 2.94 bits per heavy atom. The Morgan fingerprint density at radius 2 is 2.29 bits per heavy atom. The summed E-state index contributed by atoms with van der Waals surface area (Å²) in [6.07, 6.45) is 3.63. The van der Waals surface area contributed by atoms with Crippen molar-refractivity contribution in [1.82, 2.24) is 10.3 Å². The zero-order chi connectivity index (χ0) is 12.5. The van der Waals surface area contributed by atoms with Crippen LogP contribution in [-0.2, 0) is 4.74 Å². The Hall–Kier alpha value is -1.62. The van der Waals surface area contributed by atoms with Crippen molar-refractivity contribution >= 4 is 11.7 Å². The van der Waals surface area contributed by atoms with Crippen molar-refractivity contribution in [2.45, 2.75) is 19.8 Å². The van der Waals surface area contributed by atoms with Gasteiger partial charge in [0, 0.05) is 19.3 Å². The van der Waals surface area contributed by atoms with E-state index in [0.29, 0.717) is 24.5 Å². The number of carbonyl (C=O) groups is 1. The molecule has 1 amide bonds. The van der Waals surface area contributed by atoms with E-state index in [1.807, 2.05) is 0 Å². The van der Waals surface area contributed by atoms with E-state index in [2.05, 4.69) is 17.2 Å². The summed E-state index contributed by atoms with van der Waals surface area (Å²) in [5, 5.41) is 2.75. The van der Waals surface area contributed by atoms with E-state index in [1.54, 1.807) is 12.1 Å². The third kappa shape index (κ3) is 5.31. The van der Waals surface area contributed by atoms with Crippen molar-refractivity contribution in [3.05, 3.63) is 23.9 Å². The lowest BCUT2D eigenvalue weighted by Crippen LogP contribution is -2.27. The molecule has 5 heteroatoms. The van der Waals surface area contributed by atoms with Crippen LogP contribution in [-0.4, -0.2) is 30.6 Å². The highest BCUT2D eigenvalue weighted by molar-refractivity contribution is 5.93. The molecule has 1 rings (SSSR count). The summed E-state index contributed by atoms with van der Waals surface area (Å²) in [5.74, 6) is 0.251. The maximum absolute atomic E-state index is 11.6. The van der Waals surface area contributed by atoms with Crippen LogP contribution >= 0.6 is 0 Å². The van der Waals surface area contributed by atoms with Gasteiger partial charge in [0.05, 0.1) is 12.2 Å². The van der Waals surface area contributed by atoms with Gasteiger partial charge in [0.15, 0.2) is 0 Å². The lowest BCUT2D eigenvalue weighted by molar-refractivity contribution is 0.0912. The molecule has 0 atom stereocenters. The highest BCUT2D eigenvalue weighted by Crippen LogP contribution is 2.00. The van der Waals surface area contributed by atoms with Crippen LogP contribution in [0.4, 0.5) is 5.82 Å². The molecule has 0 aliphatic rings. The number of nitrogen functional groups attached to an aromatic ring is 1. The second-order valence-corrected chi connectivity index (χ2v) is 3.69. The highest BCUT2D eigenvalue weighted by atomic mass is 16.5. The summed E-state index contributed by atoms with van der Waals surface area (Å²) >= 11 is 0. The van der Waals surface area contributed by atoms with Crippen molar-refractivity contribution in [2.24, 2.45) is 0 Å². The lowest BCUT2D eigenvalue weighted by atomic mass is 10.2. The van der Waals surface area contributed by atoms with Gasteiger partial charge in [-0.05, 0) is 18.6 Å². The van der Waals surface area contributed by atoms with E-state index < -0.39 is 0 Å². The van der Waals surface area contributed by atoms with Crippen molar-refractivity contribution in [2.75, 3.05) is 25.5 Å². The number of amides is 1. The molecule has 1 aromatic heterocycles. The van der Waals surface area contributed by atoms with Crippen LogP contribution in [0.5, 0.6) is 0 Å². The molecule has 0 bridgehead atoms. The highest BCUT2D eigenvalue weighted by Gasteiger charge is 2.04. The number of nitrogens with two attached hydrogens (primary N) is 1. The van der Waals surface area contributed by atoms with Crippen LogP contribution < -0.4 is 11.1 Å². The summed E-state index contributed by atoms with van der Waals surface area (Å²) in [6.45, 7) is 3.90. The molecule has 0 aromatic carbocycles. The number of unbranched alkanes of at least 4 members (excludes halogenated alkanes) is 1. The molecule has 1 heterocycles. The van der Waals surface area contributed by atoms with Crippen molar-refractivity contribution < 1.29 is 9.53 Å². The third-order valence-electron chi connectivity index (χ3n) is 2.22. The molecule has 0 radical (unpaired) electrons. The standard InChI is InChI=1S/C12H19N3O2/c1-2-3-7-17-8-6-14-12(16)10-4-5-11(13)15-9-10/h4-5,9H,2-3,6-8H2,1H3,(H2,13,15)(H,14,16). The third-order valence-corrected chi connectivity index (χ3v) is 2.22. The molecule has 0 saturated heterocycles. The van der Waals surface area contributed by atoms with Gasteiger partial charge in [0.25, 0.3) is 5.91 Å². The molecular formula is C12H19N3O2. The molecule has 0 fully saturated rings. The monoisotopic (exact) mass is 237 g/mol. The minimum absolute atomic E-state index is 0.156. The Bertz CT molecular complexity index is 338. The van der Waals surface area contributed by atoms with E-state index in [1.165, 1.54) is 6.20 Å². The van der Waals surface area contributed by atoms with E-state index in [4.69, 9.17) is 10.5 Å². The van der Waals surface area contributed by atoms with E-state index in [9.17, 15) is 4.79 Å². The van der Waals surface area contributed by atoms with Crippen LogP contribution in [0.25, 0.3) is 0 Å². The largest absolute Gasteiger partial charge is 0.384 e. The number of hydrogen-bond donors (Lipinski definition) is 2. The van der Waals surface area contributed by atoms with E-state index in [-0.39, 0.29) is 5.91 Å². The zero-order valence-corrected chi connectivity index (χ0v) is 10.1. The van der Waals surface area contributed by atoms with Gasteiger partial charge in [-0.2, -0.15) is 0 Å². The number of ether oxygens (including phenoxy) is 1. The van der Waals surface area contributed by atoms with Gasteiger partial charge >= 0.3 is 0 Å². The minimum Gasteiger partial charge on any atom is -0.384 e. The van der Waals surface area contributed by atoms with Gasteiger partial charge < -0.3 is 15.8 Å². The molecule has 0 saturated carbocycles. The summed E-state index contributed by atoms with van der Waals surface area (Å²) in [5.41, 5.74) is 5.94. The predicted molar refractivity (Wildman–Crippen MR) is 66.7 cm³/mol. The maximum Gasteiger partial charge on any atom is 0.252 e. The Balaban J connectivity index is 2.19. The first-order valence-corrected chi connectivity index (χ1v) is 5.81. The minimum atomic E-state index is -0.156. The van der Waals surface area contributed by atoms with Gasteiger partial charge in [-0.3, -0.25) is 4.79 Å².